The molecule has 0 unspecified atom stereocenters. The van der Waals surface area contributed by atoms with Crippen molar-refractivity contribution in [2.24, 2.45) is 5.73 Å². The molecule has 0 aliphatic rings. The lowest BCUT2D eigenvalue weighted by atomic mass is 9.99. The lowest BCUT2D eigenvalue weighted by Gasteiger charge is -2.18. The molecule has 0 radical (unpaired) electrons. The zero-order valence-electron chi connectivity index (χ0n) is 9.29. The summed E-state index contributed by atoms with van der Waals surface area (Å²) in [5.74, 6) is 0.844. The largest absolute Gasteiger partial charge is 0.497 e. The van der Waals surface area contributed by atoms with E-state index in [4.69, 9.17) is 10.5 Å². The Morgan fingerprint density at radius 3 is 2.57 bits per heavy atom. The van der Waals surface area contributed by atoms with E-state index in [-0.39, 0.29) is 5.54 Å². The van der Waals surface area contributed by atoms with E-state index < -0.39 is 0 Å². The normalized spacial score (nSPS) is 11.5. The Labute approximate surface area is 85.3 Å². The van der Waals surface area contributed by atoms with Gasteiger partial charge in [0.15, 0.2) is 0 Å². The molecule has 1 heterocycles. The number of pyridine rings is 1. The minimum absolute atomic E-state index is 0.230. The third-order valence-corrected chi connectivity index (χ3v) is 1.85. The van der Waals surface area contributed by atoms with Gasteiger partial charge in [-0.3, -0.25) is 4.98 Å². The molecule has 0 aliphatic carbocycles. The van der Waals surface area contributed by atoms with Crippen molar-refractivity contribution < 1.29 is 4.74 Å². The molecule has 0 aromatic carbocycles. The van der Waals surface area contributed by atoms with Crippen molar-refractivity contribution >= 4 is 0 Å². The fourth-order valence-electron chi connectivity index (χ4n) is 1.38. The summed E-state index contributed by atoms with van der Waals surface area (Å²) in [6, 6.07) is 3.84. The summed E-state index contributed by atoms with van der Waals surface area (Å²) in [5, 5.41) is 0. The second kappa shape index (κ2) is 3.96. The van der Waals surface area contributed by atoms with E-state index in [1.807, 2.05) is 32.9 Å². The predicted octanol–water partition coefficient (Wildman–Crippen LogP) is 1.68. The molecule has 0 saturated heterocycles. The molecule has 0 aliphatic heterocycles. The summed E-state index contributed by atoms with van der Waals surface area (Å²) < 4.78 is 5.17. The van der Waals surface area contributed by atoms with Crippen LogP contribution in [0.1, 0.15) is 25.2 Å². The van der Waals surface area contributed by atoms with Gasteiger partial charge in [-0.05, 0) is 20.8 Å². The van der Waals surface area contributed by atoms with Gasteiger partial charge in [0, 0.05) is 35.5 Å². The Morgan fingerprint density at radius 1 is 1.43 bits per heavy atom. The molecule has 0 bridgehead atoms. The highest BCUT2D eigenvalue weighted by Gasteiger charge is 2.13. The Balaban J connectivity index is 2.92. The van der Waals surface area contributed by atoms with E-state index in [0.717, 1.165) is 23.6 Å². The molecular weight excluding hydrogens is 176 g/mol. The Bertz CT molecular complexity index is 316. The molecule has 0 atom stereocenters. The van der Waals surface area contributed by atoms with Crippen LogP contribution in [0, 0.1) is 6.92 Å². The maximum absolute atomic E-state index is 5.93. The number of nitrogens with zero attached hydrogens (tertiary/aromatic N) is 1. The molecule has 2 N–H and O–H groups in total. The summed E-state index contributed by atoms with van der Waals surface area (Å²) in [4.78, 5) is 4.41. The zero-order chi connectivity index (χ0) is 10.8. The molecule has 0 amide bonds. The molecule has 3 nitrogen and oxygen atoms in total. The van der Waals surface area contributed by atoms with Crippen molar-refractivity contribution in [1.29, 1.82) is 0 Å². The van der Waals surface area contributed by atoms with E-state index in [0.29, 0.717) is 0 Å². The molecule has 0 saturated carbocycles. The van der Waals surface area contributed by atoms with Crippen LogP contribution < -0.4 is 10.5 Å². The van der Waals surface area contributed by atoms with Crippen molar-refractivity contribution in [3.05, 3.63) is 23.5 Å². The Morgan fingerprint density at radius 2 is 2.07 bits per heavy atom. The van der Waals surface area contributed by atoms with Crippen LogP contribution in [0.25, 0.3) is 0 Å². The van der Waals surface area contributed by atoms with Gasteiger partial charge in [-0.15, -0.1) is 0 Å². The zero-order valence-corrected chi connectivity index (χ0v) is 9.29. The van der Waals surface area contributed by atoms with Crippen LogP contribution in [-0.2, 0) is 6.42 Å². The van der Waals surface area contributed by atoms with E-state index in [9.17, 15) is 0 Å². The number of aryl methyl sites for hydroxylation is 1. The summed E-state index contributed by atoms with van der Waals surface area (Å²) in [6.45, 7) is 5.93. The van der Waals surface area contributed by atoms with Gasteiger partial charge in [0.2, 0.25) is 0 Å². The van der Waals surface area contributed by atoms with Crippen LogP contribution >= 0.6 is 0 Å². The highest BCUT2D eigenvalue weighted by Crippen LogP contribution is 2.16. The van der Waals surface area contributed by atoms with Crippen molar-refractivity contribution in [3.8, 4) is 5.75 Å². The average molecular weight is 194 g/mol. The maximum atomic E-state index is 5.93. The third-order valence-electron chi connectivity index (χ3n) is 1.85. The first-order valence-corrected chi connectivity index (χ1v) is 4.71. The van der Waals surface area contributed by atoms with Gasteiger partial charge in [-0.2, -0.15) is 0 Å². The number of ether oxygens (including phenoxy) is 1. The molecule has 0 fully saturated rings. The van der Waals surface area contributed by atoms with Gasteiger partial charge in [0.05, 0.1) is 7.11 Å². The van der Waals surface area contributed by atoms with Crippen LogP contribution in [0.3, 0.4) is 0 Å². The van der Waals surface area contributed by atoms with Gasteiger partial charge in [-0.25, -0.2) is 0 Å². The van der Waals surface area contributed by atoms with Gasteiger partial charge < -0.3 is 10.5 Å². The first-order valence-electron chi connectivity index (χ1n) is 4.71. The Kier molecular flexibility index (Phi) is 3.11. The van der Waals surface area contributed by atoms with Crippen molar-refractivity contribution in [3.63, 3.8) is 0 Å². The van der Waals surface area contributed by atoms with Gasteiger partial charge in [0.25, 0.3) is 0 Å². The first kappa shape index (κ1) is 11.0. The van der Waals surface area contributed by atoms with E-state index >= 15 is 0 Å². The second-order valence-electron chi connectivity index (χ2n) is 4.31. The number of rotatable bonds is 3. The predicted molar refractivity (Wildman–Crippen MR) is 57.5 cm³/mol. The first-order chi connectivity index (χ1) is 6.40. The molecule has 14 heavy (non-hydrogen) atoms. The topological polar surface area (TPSA) is 48.1 Å². The average Bonchev–Trinajstić information content (AvgIpc) is 1.99. The number of hydrogen-bond acceptors (Lipinski definition) is 3. The highest BCUT2D eigenvalue weighted by molar-refractivity contribution is 5.27. The molecule has 3 heteroatoms. The summed E-state index contributed by atoms with van der Waals surface area (Å²) in [5.41, 5.74) is 7.64. The summed E-state index contributed by atoms with van der Waals surface area (Å²) >= 11 is 0. The standard InChI is InChI=1S/C11H18N2O/c1-8-5-10(14-4)6-9(13-8)7-11(2,3)12/h5-6H,7,12H2,1-4H3. The highest BCUT2D eigenvalue weighted by atomic mass is 16.5. The van der Waals surface area contributed by atoms with Crippen molar-refractivity contribution in [1.82, 2.24) is 4.98 Å². The molecule has 0 spiro atoms. The minimum Gasteiger partial charge on any atom is -0.497 e. The monoisotopic (exact) mass is 194 g/mol. The SMILES string of the molecule is COc1cc(C)nc(CC(C)(C)N)c1. The van der Waals surface area contributed by atoms with Crippen molar-refractivity contribution in [2.45, 2.75) is 32.7 Å². The number of methoxy groups -OCH3 is 1. The molecular formula is C11H18N2O. The number of nitrogens with two attached hydrogens (primary N) is 1. The molecule has 1 aromatic heterocycles. The summed E-state index contributed by atoms with van der Waals surface area (Å²) in [6.07, 6.45) is 0.755. The van der Waals surface area contributed by atoms with Crippen LogP contribution in [0.5, 0.6) is 5.75 Å². The van der Waals surface area contributed by atoms with Gasteiger partial charge in [-0.1, -0.05) is 0 Å². The van der Waals surface area contributed by atoms with Crippen molar-refractivity contribution in [2.75, 3.05) is 7.11 Å². The maximum Gasteiger partial charge on any atom is 0.122 e. The molecule has 1 aromatic rings. The Hall–Kier alpha value is -1.09. The van der Waals surface area contributed by atoms with E-state index in [1.165, 1.54) is 0 Å². The van der Waals surface area contributed by atoms with Crippen LogP contribution in [0.4, 0.5) is 0 Å². The number of aromatic nitrogens is 1. The lowest BCUT2D eigenvalue weighted by Crippen LogP contribution is -2.34. The van der Waals surface area contributed by atoms with Crippen LogP contribution in [-0.4, -0.2) is 17.6 Å². The smallest absolute Gasteiger partial charge is 0.122 e. The molecule has 78 valence electrons. The lowest BCUT2D eigenvalue weighted by molar-refractivity contribution is 0.411. The third kappa shape index (κ3) is 3.34. The summed E-state index contributed by atoms with van der Waals surface area (Å²) in [7, 11) is 1.66. The quantitative estimate of drug-likeness (QED) is 0.796. The minimum atomic E-state index is -0.230. The van der Waals surface area contributed by atoms with Gasteiger partial charge >= 0.3 is 0 Å². The molecule has 1 rings (SSSR count). The van der Waals surface area contributed by atoms with Crippen LogP contribution in [0.15, 0.2) is 12.1 Å². The van der Waals surface area contributed by atoms with Gasteiger partial charge in [0.1, 0.15) is 5.75 Å². The second-order valence-corrected chi connectivity index (χ2v) is 4.31. The van der Waals surface area contributed by atoms with Crippen LogP contribution in [0.2, 0.25) is 0 Å². The fourth-order valence-corrected chi connectivity index (χ4v) is 1.38. The van der Waals surface area contributed by atoms with E-state index in [1.54, 1.807) is 7.11 Å². The number of hydrogen-bond donors (Lipinski definition) is 1. The fraction of sp³-hybridized carbons (Fsp3) is 0.545. The van der Waals surface area contributed by atoms with E-state index in [2.05, 4.69) is 4.98 Å².